The first-order valence-corrected chi connectivity index (χ1v) is 9.21. The minimum Gasteiger partial charge on any atom is -0.480 e. The molecule has 3 aromatic rings. The lowest BCUT2D eigenvalue weighted by atomic mass is 10.2. The second-order valence-electron chi connectivity index (χ2n) is 5.97. The number of aliphatic carboxylic acids is 1. The highest BCUT2D eigenvalue weighted by molar-refractivity contribution is 7.16. The molecule has 27 heavy (non-hydrogen) atoms. The molecule has 2 heterocycles. The highest BCUT2D eigenvalue weighted by Gasteiger charge is 2.22. The van der Waals surface area contributed by atoms with Gasteiger partial charge >= 0.3 is 5.97 Å². The summed E-state index contributed by atoms with van der Waals surface area (Å²) in [7, 11) is 0. The molecule has 1 amide bonds. The van der Waals surface area contributed by atoms with Gasteiger partial charge in [-0.25, -0.2) is 4.79 Å². The van der Waals surface area contributed by atoms with Gasteiger partial charge in [-0.05, 0) is 36.8 Å². The molecule has 0 radical (unpaired) electrons. The van der Waals surface area contributed by atoms with Crippen LogP contribution in [0.2, 0.25) is 0 Å². The average molecular weight is 384 g/mol. The molecule has 4 rings (SSSR count). The molecule has 0 saturated carbocycles. The maximum Gasteiger partial charge on any atom is 0.326 e. The van der Waals surface area contributed by atoms with Gasteiger partial charge in [0, 0.05) is 5.56 Å². The highest BCUT2D eigenvalue weighted by Crippen LogP contribution is 2.32. The number of thiazole rings is 1. The van der Waals surface area contributed by atoms with Gasteiger partial charge in [-0.2, -0.15) is 4.99 Å². The summed E-state index contributed by atoms with van der Waals surface area (Å²) in [5.41, 5.74) is 1.10. The second kappa shape index (κ2) is 6.88. The fourth-order valence-corrected chi connectivity index (χ4v) is 4.09. The number of nitrogens with zero attached hydrogens (tertiary/aromatic N) is 2. The number of hydrogen-bond acceptors (Lipinski definition) is 5. The molecule has 0 saturated heterocycles. The first-order valence-electron chi connectivity index (χ1n) is 8.40. The average Bonchev–Trinajstić information content (AvgIpc) is 3.26. The van der Waals surface area contributed by atoms with Crippen LogP contribution in [0, 0.1) is 0 Å². The molecule has 1 aliphatic rings. The third-order valence-electron chi connectivity index (χ3n) is 4.33. The van der Waals surface area contributed by atoms with E-state index >= 15 is 0 Å². The van der Waals surface area contributed by atoms with Crippen LogP contribution >= 0.6 is 11.3 Å². The Morgan fingerprint density at radius 2 is 2.00 bits per heavy atom. The fraction of sp³-hybridized carbons (Fsp3) is 0.211. The molecular weight excluding hydrogens is 368 g/mol. The van der Waals surface area contributed by atoms with E-state index in [4.69, 9.17) is 9.47 Å². The Bertz CT molecular complexity index is 1110. The number of hydrogen-bond donors (Lipinski definition) is 1. The quantitative estimate of drug-likeness (QED) is 0.746. The van der Waals surface area contributed by atoms with E-state index in [1.54, 1.807) is 29.7 Å². The molecule has 8 heteroatoms. The van der Waals surface area contributed by atoms with E-state index in [1.165, 1.54) is 11.3 Å². The van der Waals surface area contributed by atoms with Crippen molar-refractivity contribution in [2.45, 2.75) is 19.4 Å². The number of rotatable bonds is 4. The van der Waals surface area contributed by atoms with E-state index in [0.717, 1.165) is 10.2 Å². The lowest BCUT2D eigenvalue weighted by Gasteiger charge is -2.13. The number of fused-ring (bicyclic) bond motifs is 2. The largest absolute Gasteiger partial charge is 0.480 e. The molecule has 7 nitrogen and oxygen atoms in total. The summed E-state index contributed by atoms with van der Waals surface area (Å²) in [5.74, 6) is -0.343. The van der Waals surface area contributed by atoms with Gasteiger partial charge in [0.1, 0.15) is 6.04 Å². The number of benzene rings is 2. The summed E-state index contributed by atoms with van der Waals surface area (Å²) >= 11 is 1.29. The van der Waals surface area contributed by atoms with Crippen LogP contribution in [0.15, 0.2) is 47.5 Å². The van der Waals surface area contributed by atoms with Crippen molar-refractivity contribution in [1.82, 2.24) is 4.57 Å². The van der Waals surface area contributed by atoms with Crippen LogP contribution in [-0.4, -0.2) is 28.3 Å². The number of para-hydroxylation sites is 1. The van der Waals surface area contributed by atoms with Crippen molar-refractivity contribution in [3.05, 3.63) is 52.8 Å². The van der Waals surface area contributed by atoms with Crippen molar-refractivity contribution in [3.63, 3.8) is 0 Å². The second-order valence-corrected chi connectivity index (χ2v) is 6.98. The number of carboxylic acids is 1. The van der Waals surface area contributed by atoms with Crippen molar-refractivity contribution >= 4 is 33.4 Å². The molecule has 138 valence electrons. The third kappa shape index (κ3) is 3.08. The zero-order valence-corrected chi connectivity index (χ0v) is 15.2. The number of amides is 1. The van der Waals surface area contributed by atoms with E-state index < -0.39 is 17.9 Å². The first-order chi connectivity index (χ1) is 13.1. The van der Waals surface area contributed by atoms with Gasteiger partial charge in [0.05, 0.1) is 10.2 Å². The molecule has 0 aliphatic carbocycles. The SMILES string of the molecule is CCC(C(=O)O)n1c(=NC(=O)c2ccc3c(c2)OCO3)sc2ccccc21. The Morgan fingerprint density at radius 1 is 1.22 bits per heavy atom. The van der Waals surface area contributed by atoms with Gasteiger partial charge in [-0.1, -0.05) is 30.4 Å². The van der Waals surface area contributed by atoms with Gasteiger partial charge < -0.3 is 19.1 Å². The Morgan fingerprint density at radius 3 is 2.78 bits per heavy atom. The van der Waals surface area contributed by atoms with E-state index in [9.17, 15) is 14.7 Å². The first kappa shape index (κ1) is 17.3. The van der Waals surface area contributed by atoms with Crippen LogP contribution in [0.4, 0.5) is 0 Å². The zero-order valence-electron chi connectivity index (χ0n) is 14.4. The van der Waals surface area contributed by atoms with Crippen molar-refractivity contribution in [1.29, 1.82) is 0 Å². The summed E-state index contributed by atoms with van der Waals surface area (Å²) in [6, 6.07) is 11.5. The summed E-state index contributed by atoms with van der Waals surface area (Å²) in [6.07, 6.45) is 0.376. The number of ether oxygens (including phenoxy) is 2. The fourth-order valence-electron chi connectivity index (χ4n) is 3.02. The zero-order chi connectivity index (χ0) is 19.0. The van der Waals surface area contributed by atoms with Gasteiger partial charge in [-0.15, -0.1) is 0 Å². The topological polar surface area (TPSA) is 90.1 Å². The van der Waals surface area contributed by atoms with Crippen LogP contribution in [0.25, 0.3) is 10.2 Å². The minimum atomic E-state index is -0.960. The molecule has 1 aliphatic heterocycles. The Kier molecular flexibility index (Phi) is 4.41. The normalized spacial score (nSPS) is 14.5. The molecule has 0 fully saturated rings. The molecule has 1 atom stereocenters. The van der Waals surface area contributed by atoms with Gasteiger partial charge in [0.15, 0.2) is 16.3 Å². The molecule has 2 aromatic carbocycles. The summed E-state index contributed by atoms with van der Waals surface area (Å²) in [6.45, 7) is 1.92. The Labute approximate surface area is 158 Å². The summed E-state index contributed by atoms with van der Waals surface area (Å²) in [4.78, 5) is 29.0. The number of carbonyl (C=O) groups excluding carboxylic acids is 1. The van der Waals surface area contributed by atoms with Crippen molar-refractivity contribution in [2.24, 2.45) is 4.99 Å². The maximum absolute atomic E-state index is 12.7. The van der Waals surface area contributed by atoms with Crippen LogP contribution in [-0.2, 0) is 4.79 Å². The van der Waals surface area contributed by atoms with Gasteiger partial charge in [-0.3, -0.25) is 4.79 Å². The highest BCUT2D eigenvalue weighted by atomic mass is 32.1. The molecule has 1 N–H and O–H groups in total. The lowest BCUT2D eigenvalue weighted by Crippen LogP contribution is -2.27. The molecule has 1 unspecified atom stereocenters. The van der Waals surface area contributed by atoms with E-state index in [0.29, 0.717) is 28.3 Å². The standard InChI is InChI=1S/C19H16N2O5S/c1-2-12(18(23)24)21-13-5-3-4-6-16(13)27-19(21)20-17(22)11-7-8-14-15(9-11)26-10-25-14/h3-9,12H,2,10H2,1H3,(H,23,24). The summed E-state index contributed by atoms with van der Waals surface area (Å²) < 4.78 is 13.0. The monoisotopic (exact) mass is 384 g/mol. The van der Waals surface area contributed by atoms with Crippen molar-refractivity contribution in [2.75, 3.05) is 6.79 Å². The van der Waals surface area contributed by atoms with Crippen LogP contribution < -0.4 is 14.3 Å². The van der Waals surface area contributed by atoms with Crippen molar-refractivity contribution in [3.8, 4) is 11.5 Å². The predicted molar refractivity (Wildman–Crippen MR) is 99.2 cm³/mol. The number of carboxylic acid groups (broad SMARTS) is 1. The van der Waals surface area contributed by atoms with Crippen molar-refractivity contribution < 1.29 is 24.2 Å². The van der Waals surface area contributed by atoms with Gasteiger partial charge in [0.2, 0.25) is 6.79 Å². The Hall–Kier alpha value is -3.13. The number of aromatic nitrogens is 1. The van der Waals surface area contributed by atoms with Crippen LogP contribution in [0.1, 0.15) is 29.7 Å². The molecule has 1 aromatic heterocycles. The maximum atomic E-state index is 12.7. The number of carbonyl (C=O) groups is 2. The van der Waals surface area contributed by atoms with E-state index in [-0.39, 0.29) is 6.79 Å². The Balaban J connectivity index is 1.85. The van der Waals surface area contributed by atoms with Crippen LogP contribution in [0.3, 0.4) is 0 Å². The molecular formula is C19H16N2O5S. The minimum absolute atomic E-state index is 0.122. The van der Waals surface area contributed by atoms with E-state index in [1.807, 2.05) is 24.3 Å². The van der Waals surface area contributed by atoms with E-state index in [2.05, 4.69) is 4.99 Å². The smallest absolute Gasteiger partial charge is 0.326 e. The third-order valence-corrected chi connectivity index (χ3v) is 5.37. The van der Waals surface area contributed by atoms with Gasteiger partial charge in [0.25, 0.3) is 5.91 Å². The lowest BCUT2D eigenvalue weighted by molar-refractivity contribution is -0.140. The molecule has 0 spiro atoms. The van der Waals surface area contributed by atoms with Crippen LogP contribution in [0.5, 0.6) is 11.5 Å². The summed E-state index contributed by atoms with van der Waals surface area (Å²) in [5, 5.41) is 9.61. The predicted octanol–water partition coefficient (Wildman–Crippen LogP) is 3.21. The molecule has 0 bridgehead atoms.